The molecule has 0 aliphatic carbocycles. The van der Waals surface area contributed by atoms with Crippen LogP contribution in [0.15, 0.2) is 36.5 Å². The van der Waals surface area contributed by atoms with Crippen molar-refractivity contribution < 1.29 is 89.4 Å². The number of amides is 1. The van der Waals surface area contributed by atoms with Crippen LogP contribution >= 0.6 is 0 Å². The third kappa shape index (κ3) is 36.0. The number of allylic oxidation sites excluding steroid dienone is 5. The summed E-state index contributed by atoms with van der Waals surface area (Å²) in [6.45, 7) is 1.75. The first kappa shape index (κ1) is 84.2. The van der Waals surface area contributed by atoms with Crippen LogP contribution in [0.4, 0.5) is 0 Å². The summed E-state index contributed by atoms with van der Waals surface area (Å²) in [5.41, 5.74) is 0. The number of unbranched alkanes of at least 4 members (excludes halogenated alkanes) is 38. The molecule has 12 N–H and O–H groups in total. The smallest absolute Gasteiger partial charge is 0.220 e. The van der Waals surface area contributed by atoms with Crippen LogP contribution in [0.3, 0.4) is 0 Å². The van der Waals surface area contributed by atoms with Crippen molar-refractivity contribution in [3.05, 3.63) is 36.5 Å². The fourth-order valence-electron chi connectivity index (χ4n) is 12.6. The number of ether oxygens (including phenoxy) is 6. The molecule has 3 aliphatic rings. The van der Waals surface area contributed by atoms with Gasteiger partial charge in [-0.3, -0.25) is 4.79 Å². The van der Waals surface area contributed by atoms with Crippen molar-refractivity contribution in [1.82, 2.24) is 5.32 Å². The van der Waals surface area contributed by atoms with E-state index in [2.05, 4.69) is 43.5 Å². The third-order valence-corrected chi connectivity index (χ3v) is 18.7. The van der Waals surface area contributed by atoms with Crippen molar-refractivity contribution in [2.45, 2.75) is 394 Å². The Balaban J connectivity index is 1.43. The molecular weight excluding hydrogens is 1180 g/mol. The number of nitrogens with one attached hydrogen (secondary N) is 1. The molecule has 0 spiro atoms. The molecule has 3 heterocycles. The lowest BCUT2D eigenvalue weighted by molar-refractivity contribution is -0.379. The minimum Gasteiger partial charge on any atom is -0.394 e. The summed E-state index contributed by atoms with van der Waals surface area (Å²) in [5, 5.41) is 121. The van der Waals surface area contributed by atoms with Crippen LogP contribution < -0.4 is 5.32 Å². The van der Waals surface area contributed by atoms with Crippen LogP contribution in [0, 0.1) is 0 Å². The zero-order valence-electron chi connectivity index (χ0n) is 57.3. The molecule has 0 aromatic carbocycles. The van der Waals surface area contributed by atoms with Gasteiger partial charge in [0.15, 0.2) is 18.9 Å². The lowest BCUT2D eigenvalue weighted by Crippen LogP contribution is -2.66. The topological polar surface area (TPSA) is 307 Å². The molecule has 3 fully saturated rings. The van der Waals surface area contributed by atoms with E-state index in [9.17, 15) is 61.0 Å². The van der Waals surface area contributed by atoms with E-state index in [1.807, 2.05) is 6.08 Å². The second kappa shape index (κ2) is 55.0. The fraction of sp³-hybridized carbons (Fsp3) is 0.904. The van der Waals surface area contributed by atoms with Gasteiger partial charge >= 0.3 is 0 Å². The lowest BCUT2D eigenvalue weighted by atomic mass is 9.96. The Morgan fingerprint density at radius 3 is 1.09 bits per heavy atom. The van der Waals surface area contributed by atoms with Gasteiger partial charge in [-0.2, -0.15) is 0 Å². The Morgan fingerprint density at radius 2 is 0.696 bits per heavy atom. The maximum absolute atomic E-state index is 13.4. The van der Waals surface area contributed by atoms with Gasteiger partial charge in [-0.25, -0.2) is 0 Å². The molecule has 0 aromatic rings. The molecule has 0 saturated carbocycles. The first-order valence-corrected chi connectivity index (χ1v) is 37.2. The van der Waals surface area contributed by atoms with Crippen molar-refractivity contribution in [2.75, 3.05) is 26.4 Å². The van der Waals surface area contributed by atoms with Gasteiger partial charge in [0.25, 0.3) is 0 Å². The van der Waals surface area contributed by atoms with Gasteiger partial charge in [-0.15, -0.1) is 0 Å². The van der Waals surface area contributed by atoms with E-state index < -0.39 is 124 Å². The summed E-state index contributed by atoms with van der Waals surface area (Å²) in [5.74, 6) is -0.283. The average Bonchev–Trinajstić information content (AvgIpc) is 0.838. The van der Waals surface area contributed by atoms with E-state index in [0.29, 0.717) is 12.8 Å². The summed E-state index contributed by atoms with van der Waals surface area (Å²) in [4.78, 5) is 13.4. The number of carbonyl (C=O) groups is 1. The third-order valence-electron chi connectivity index (χ3n) is 18.7. The quantitative estimate of drug-likeness (QED) is 0.0199. The monoisotopic (exact) mass is 1310 g/mol. The minimum atomic E-state index is -1.98. The van der Waals surface area contributed by atoms with Crippen LogP contribution in [0.1, 0.15) is 290 Å². The van der Waals surface area contributed by atoms with Crippen molar-refractivity contribution in [1.29, 1.82) is 0 Å². The highest BCUT2D eigenvalue weighted by atomic mass is 16.8. The van der Waals surface area contributed by atoms with E-state index in [-0.39, 0.29) is 18.9 Å². The van der Waals surface area contributed by atoms with E-state index in [1.54, 1.807) is 6.08 Å². The fourth-order valence-corrected chi connectivity index (χ4v) is 12.6. The first-order valence-electron chi connectivity index (χ1n) is 37.2. The molecule has 0 bridgehead atoms. The predicted molar refractivity (Wildman–Crippen MR) is 360 cm³/mol. The zero-order valence-corrected chi connectivity index (χ0v) is 57.3. The molecule has 19 nitrogen and oxygen atoms in total. The molecule has 92 heavy (non-hydrogen) atoms. The minimum absolute atomic E-state index is 0.236. The number of hydrogen-bond acceptors (Lipinski definition) is 18. The Morgan fingerprint density at radius 1 is 0.380 bits per heavy atom. The predicted octanol–water partition coefficient (Wildman–Crippen LogP) is 10.8. The zero-order chi connectivity index (χ0) is 66.8. The summed E-state index contributed by atoms with van der Waals surface area (Å²) in [7, 11) is 0. The highest BCUT2D eigenvalue weighted by Crippen LogP contribution is 2.33. The van der Waals surface area contributed by atoms with Crippen molar-refractivity contribution >= 4 is 5.91 Å². The molecule has 17 atom stereocenters. The Bertz CT molecular complexity index is 1810. The largest absolute Gasteiger partial charge is 0.394 e. The van der Waals surface area contributed by atoms with E-state index in [0.717, 1.165) is 38.5 Å². The summed E-state index contributed by atoms with van der Waals surface area (Å²) < 4.78 is 34.4. The molecule has 3 saturated heterocycles. The van der Waals surface area contributed by atoms with Gasteiger partial charge in [0.1, 0.15) is 73.2 Å². The normalized spacial score (nSPS) is 27.9. The Hall–Kier alpha value is -1.99. The maximum Gasteiger partial charge on any atom is 0.220 e. The second-order valence-electron chi connectivity index (χ2n) is 26.7. The average molecular weight is 1310 g/mol. The maximum atomic E-state index is 13.4. The number of rotatable bonds is 58. The van der Waals surface area contributed by atoms with E-state index in [4.69, 9.17) is 28.4 Å². The van der Waals surface area contributed by atoms with Crippen LogP contribution in [0.5, 0.6) is 0 Å². The summed E-state index contributed by atoms with van der Waals surface area (Å²) in [6, 6.07) is -0.991. The highest BCUT2D eigenvalue weighted by Gasteiger charge is 2.53. The molecular formula is C73H135NO18. The van der Waals surface area contributed by atoms with Crippen molar-refractivity contribution in [3.63, 3.8) is 0 Å². The number of hydrogen-bond donors (Lipinski definition) is 12. The Kier molecular flexibility index (Phi) is 50.3. The van der Waals surface area contributed by atoms with Crippen LogP contribution in [0.25, 0.3) is 0 Å². The van der Waals surface area contributed by atoms with Gasteiger partial charge in [-0.1, -0.05) is 262 Å². The van der Waals surface area contributed by atoms with Gasteiger partial charge < -0.3 is 89.9 Å². The van der Waals surface area contributed by atoms with Crippen LogP contribution in [-0.4, -0.2) is 193 Å². The molecule has 540 valence electrons. The van der Waals surface area contributed by atoms with Gasteiger partial charge in [0, 0.05) is 6.42 Å². The standard InChI is InChI=1S/C73H135NO18/c1-3-5-7-9-11-13-15-17-19-21-23-25-27-29-30-32-34-36-38-40-42-44-46-48-50-57(78)56(74-61(79)51-49-47-45-43-41-39-37-35-33-31-28-26-24-22-20-18-16-14-12-10-8-6-4-2)55-87-71-67(85)64(82)69(59(53-76)89-71)92-73-68(86)65(83)70(60(54-77)90-73)91-72-66(84)63(81)62(80)58(52-75)88-72/h22,24,40,42,48,50,56-60,62-73,75-78,80-86H,3-21,23,25-39,41,43-47,49,51-55H2,1-2H3,(H,74,79)/b24-22-,42-40+,50-48+. The van der Waals surface area contributed by atoms with E-state index >= 15 is 0 Å². The first-order chi connectivity index (χ1) is 44.8. The van der Waals surface area contributed by atoms with Gasteiger partial charge in [0.05, 0.1) is 38.6 Å². The van der Waals surface area contributed by atoms with Crippen molar-refractivity contribution in [3.8, 4) is 0 Å². The number of aliphatic hydroxyl groups excluding tert-OH is 11. The summed E-state index contributed by atoms with van der Waals surface area (Å²) >= 11 is 0. The van der Waals surface area contributed by atoms with Crippen molar-refractivity contribution in [2.24, 2.45) is 0 Å². The molecule has 1 amide bonds. The molecule has 0 aromatic heterocycles. The number of carbonyl (C=O) groups excluding carboxylic acids is 1. The second-order valence-corrected chi connectivity index (χ2v) is 26.7. The van der Waals surface area contributed by atoms with Gasteiger partial charge in [0.2, 0.25) is 5.91 Å². The molecule has 3 rings (SSSR count). The summed E-state index contributed by atoms with van der Waals surface area (Å²) in [6.07, 6.45) is 38.4. The van der Waals surface area contributed by atoms with Crippen LogP contribution in [-0.2, 0) is 33.2 Å². The molecule has 17 unspecified atom stereocenters. The molecule has 19 heteroatoms. The van der Waals surface area contributed by atoms with Crippen LogP contribution in [0.2, 0.25) is 0 Å². The Labute approximate surface area is 555 Å². The lowest BCUT2D eigenvalue weighted by Gasteiger charge is -2.48. The van der Waals surface area contributed by atoms with Gasteiger partial charge in [-0.05, 0) is 57.8 Å². The molecule has 3 aliphatic heterocycles. The highest BCUT2D eigenvalue weighted by molar-refractivity contribution is 5.76. The van der Waals surface area contributed by atoms with E-state index in [1.165, 1.54) is 218 Å². The number of aliphatic hydroxyl groups is 11. The molecule has 0 radical (unpaired) electrons. The SMILES string of the molecule is CCCCCCCCCC/C=C\CCCCCCCCCCCCCC(=O)NC(COC1OC(CO)C(OC2OC(CO)C(OC3OC(CO)C(O)C(O)C3O)C(O)C2O)C(O)C1O)C(O)/C=C/CC/C=C/CCCCCCCCCCCCCCCCCCCC.